The summed E-state index contributed by atoms with van der Waals surface area (Å²) in [5, 5.41) is 9.25. The minimum Gasteiger partial charge on any atom is -0.399 e. The second-order valence-electron chi connectivity index (χ2n) is 4.58. The van der Waals surface area contributed by atoms with E-state index in [-0.39, 0.29) is 6.10 Å². The van der Waals surface area contributed by atoms with E-state index in [1.165, 1.54) is 0 Å². The molecule has 0 heterocycles. The fourth-order valence-corrected chi connectivity index (χ4v) is 2.87. The van der Waals surface area contributed by atoms with Crippen molar-refractivity contribution in [2.45, 2.75) is 18.9 Å². The normalized spacial score (nSPS) is 23.9. The zero-order valence-electron chi connectivity index (χ0n) is 9.36. The van der Waals surface area contributed by atoms with Crippen LogP contribution in [0.5, 0.6) is 0 Å². The summed E-state index contributed by atoms with van der Waals surface area (Å²) in [5.41, 5.74) is 7.62. The monoisotopic (exact) mass is 284 g/mol. The number of aliphatic hydroxyl groups is 1. The molecule has 0 aliphatic heterocycles. The van der Waals surface area contributed by atoms with Crippen LogP contribution in [0.3, 0.4) is 0 Å². The molecule has 0 bridgehead atoms. The van der Waals surface area contributed by atoms with Gasteiger partial charge in [0.15, 0.2) is 0 Å². The minimum atomic E-state index is -0.0757. The average Bonchev–Trinajstić information content (AvgIpc) is 2.15. The third kappa shape index (κ3) is 2.50. The van der Waals surface area contributed by atoms with Crippen LogP contribution in [0.4, 0.5) is 11.4 Å². The molecule has 1 fully saturated rings. The molecule has 3 nitrogen and oxygen atoms in total. The van der Waals surface area contributed by atoms with Crippen molar-refractivity contribution in [1.82, 2.24) is 0 Å². The maximum Gasteiger partial charge on any atom is 0.0546 e. The molecule has 3 N–H and O–H groups in total. The predicted molar refractivity (Wildman–Crippen MR) is 70.6 cm³/mol. The molecule has 1 aromatic rings. The van der Waals surface area contributed by atoms with Crippen LogP contribution in [0, 0.1) is 5.92 Å². The molecular weight excluding hydrogens is 268 g/mol. The van der Waals surface area contributed by atoms with Gasteiger partial charge in [-0.2, -0.15) is 0 Å². The fourth-order valence-electron chi connectivity index (χ4n) is 2.17. The largest absolute Gasteiger partial charge is 0.399 e. The third-order valence-corrected chi connectivity index (χ3v) is 3.76. The SMILES string of the molecule is CN(CC1CC(O)C1)c1ccc(N)cc1Br. The lowest BCUT2D eigenvalue weighted by molar-refractivity contribution is 0.0465. The van der Waals surface area contributed by atoms with Gasteiger partial charge in [0.2, 0.25) is 0 Å². The number of rotatable bonds is 3. The molecule has 1 saturated carbocycles. The maximum absolute atomic E-state index is 9.25. The molecule has 16 heavy (non-hydrogen) atoms. The summed E-state index contributed by atoms with van der Waals surface area (Å²) in [5.74, 6) is 0.615. The fraction of sp³-hybridized carbons (Fsp3) is 0.500. The van der Waals surface area contributed by atoms with E-state index in [9.17, 15) is 5.11 Å². The van der Waals surface area contributed by atoms with Gasteiger partial charge in [-0.25, -0.2) is 0 Å². The quantitative estimate of drug-likeness (QED) is 0.837. The molecule has 0 spiro atoms. The van der Waals surface area contributed by atoms with Gasteiger partial charge in [-0.15, -0.1) is 0 Å². The molecule has 0 atom stereocenters. The minimum absolute atomic E-state index is 0.0757. The van der Waals surface area contributed by atoms with E-state index in [0.29, 0.717) is 5.92 Å². The Hall–Kier alpha value is -0.740. The van der Waals surface area contributed by atoms with E-state index < -0.39 is 0 Å². The highest BCUT2D eigenvalue weighted by Gasteiger charge is 2.28. The Morgan fingerprint density at radius 2 is 2.19 bits per heavy atom. The number of hydrogen-bond donors (Lipinski definition) is 2. The van der Waals surface area contributed by atoms with Crippen molar-refractivity contribution in [2.75, 3.05) is 24.2 Å². The number of anilines is 2. The van der Waals surface area contributed by atoms with Gasteiger partial charge < -0.3 is 15.7 Å². The van der Waals surface area contributed by atoms with Gasteiger partial charge in [0.05, 0.1) is 11.8 Å². The summed E-state index contributed by atoms with van der Waals surface area (Å²) in [7, 11) is 2.07. The van der Waals surface area contributed by atoms with Gasteiger partial charge in [0.1, 0.15) is 0 Å². The lowest BCUT2D eigenvalue weighted by atomic mass is 9.82. The highest BCUT2D eigenvalue weighted by Crippen LogP contribution is 2.32. The summed E-state index contributed by atoms with van der Waals surface area (Å²) < 4.78 is 1.02. The molecule has 1 aliphatic rings. The van der Waals surface area contributed by atoms with Crippen LogP contribution in [-0.4, -0.2) is 24.8 Å². The molecule has 2 rings (SSSR count). The summed E-state index contributed by atoms with van der Waals surface area (Å²) in [6.45, 7) is 0.986. The van der Waals surface area contributed by atoms with Gasteiger partial charge in [0.25, 0.3) is 0 Å². The van der Waals surface area contributed by atoms with E-state index >= 15 is 0 Å². The number of nitrogen functional groups attached to an aromatic ring is 1. The molecule has 1 aromatic carbocycles. The van der Waals surface area contributed by atoms with Crippen molar-refractivity contribution in [3.8, 4) is 0 Å². The van der Waals surface area contributed by atoms with Crippen LogP contribution in [0.2, 0.25) is 0 Å². The summed E-state index contributed by atoms with van der Waals surface area (Å²) >= 11 is 3.52. The van der Waals surface area contributed by atoms with Crippen molar-refractivity contribution >= 4 is 27.3 Å². The van der Waals surface area contributed by atoms with Gasteiger partial charge in [-0.3, -0.25) is 0 Å². The van der Waals surface area contributed by atoms with E-state index in [0.717, 1.165) is 35.2 Å². The molecule has 88 valence electrons. The number of aliphatic hydroxyl groups excluding tert-OH is 1. The van der Waals surface area contributed by atoms with Crippen molar-refractivity contribution in [3.63, 3.8) is 0 Å². The standard InChI is InChI=1S/C12H17BrN2O/c1-15(7-8-4-10(16)5-8)12-3-2-9(14)6-11(12)13/h2-3,6,8,10,16H,4-5,7,14H2,1H3. The van der Waals surface area contributed by atoms with Crippen LogP contribution < -0.4 is 10.6 Å². The Morgan fingerprint density at radius 1 is 1.50 bits per heavy atom. The van der Waals surface area contributed by atoms with E-state index in [1.54, 1.807) is 0 Å². The van der Waals surface area contributed by atoms with Crippen LogP contribution in [0.25, 0.3) is 0 Å². The average molecular weight is 285 g/mol. The Balaban J connectivity index is 2.00. The number of nitrogens with zero attached hydrogens (tertiary/aromatic N) is 1. The molecule has 1 aliphatic carbocycles. The molecule has 0 unspecified atom stereocenters. The van der Waals surface area contributed by atoms with Crippen molar-refractivity contribution in [2.24, 2.45) is 5.92 Å². The maximum atomic E-state index is 9.25. The zero-order valence-corrected chi connectivity index (χ0v) is 10.9. The first-order valence-corrected chi connectivity index (χ1v) is 6.30. The molecule has 0 radical (unpaired) electrons. The molecule has 0 amide bonds. The van der Waals surface area contributed by atoms with Crippen LogP contribution in [-0.2, 0) is 0 Å². The van der Waals surface area contributed by atoms with Gasteiger partial charge >= 0.3 is 0 Å². The Morgan fingerprint density at radius 3 is 2.75 bits per heavy atom. The Bertz CT molecular complexity index is 377. The number of nitrogens with two attached hydrogens (primary N) is 1. The first-order chi connectivity index (χ1) is 7.56. The lowest BCUT2D eigenvalue weighted by Crippen LogP contribution is -2.37. The first kappa shape index (κ1) is 11.7. The van der Waals surface area contributed by atoms with Crippen LogP contribution >= 0.6 is 15.9 Å². The van der Waals surface area contributed by atoms with Crippen molar-refractivity contribution in [1.29, 1.82) is 0 Å². The highest BCUT2D eigenvalue weighted by atomic mass is 79.9. The van der Waals surface area contributed by atoms with E-state index in [2.05, 4.69) is 27.9 Å². The third-order valence-electron chi connectivity index (χ3n) is 3.13. The predicted octanol–water partition coefficient (Wildman–Crippen LogP) is 2.24. The number of benzene rings is 1. The smallest absolute Gasteiger partial charge is 0.0546 e. The van der Waals surface area contributed by atoms with Crippen LogP contribution in [0.15, 0.2) is 22.7 Å². The number of hydrogen-bond acceptors (Lipinski definition) is 3. The summed E-state index contributed by atoms with van der Waals surface area (Å²) in [6.07, 6.45) is 1.78. The second-order valence-corrected chi connectivity index (χ2v) is 5.44. The van der Waals surface area contributed by atoms with Gasteiger partial charge in [-0.05, 0) is 52.9 Å². The highest BCUT2D eigenvalue weighted by molar-refractivity contribution is 9.10. The van der Waals surface area contributed by atoms with Gasteiger partial charge in [0, 0.05) is 23.8 Å². The molecule has 0 aromatic heterocycles. The van der Waals surface area contributed by atoms with E-state index in [4.69, 9.17) is 5.73 Å². The first-order valence-electron chi connectivity index (χ1n) is 5.50. The molecule has 4 heteroatoms. The summed E-state index contributed by atoms with van der Waals surface area (Å²) in [6, 6.07) is 5.85. The number of halogens is 1. The van der Waals surface area contributed by atoms with Crippen LogP contribution in [0.1, 0.15) is 12.8 Å². The Kier molecular flexibility index (Phi) is 3.40. The zero-order chi connectivity index (χ0) is 11.7. The Labute approximate surface area is 104 Å². The van der Waals surface area contributed by atoms with Crippen molar-refractivity contribution in [3.05, 3.63) is 22.7 Å². The molecule has 0 saturated heterocycles. The molecular formula is C12H17BrN2O. The summed E-state index contributed by atoms with van der Waals surface area (Å²) in [4.78, 5) is 2.21. The van der Waals surface area contributed by atoms with E-state index in [1.807, 2.05) is 18.2 Å². The topological polar surface area (TPSA) is 49.5 Å². The van der Waals surface area contributed by atoms with Gasteiger partial charge in [-0.1, -0.05) is 0 Å². The second kappa shape index (κ2) is 4.63. The van der Waals surface area contributed by atoms with Crippen molar-refractivity contribution < 1.29 is 5.11 Å². The lowest BCUT2D eigenvalue weighted by Gasteiger charge is -2.35.